The summed E-state index contributed by atoms with van der Waals surface area (Å²) in [7, 11) is 1.78. The highest BCUT2D eigenvalue weighted by molar-refractivity contribution is 9.10. The van der Waals surface area contributed by atoms with Crippen LogP contribution in [0.4, 0.5) is 8.78 Å². The van der Waals surface area contributed by atoms with E-state index in [0.29, 0.717) is 0 Å². The minimum absolute atomic E-state index is 0.00822. The molecule has 0 saturated heterocycles. The fourth-order valence-corrected chi connectivity index (χ4v) is 2.52. The molecular weight excluding hydrogens is 328 g/mol. The van der Waals surface area contributed by atoms with E-state index in [1.54, 1.807) is 11.7 Å². The van der Waals surface area contributed by atoms with E-state index < -0.39 is 17.7 Å². The zero-order valence-corrected chi connectivity index (χ0v) is 12.9. The lowest BCUT2D eigenvalue weighted by Crippen LogP contribution is -2.18. The largest absolute Gasteiger partial charge is 0.322 e. The zero-order valence-electron chi connectivity index (χ0n) is 11.3. The summed E-state index contributed by atoms with van der Waals surface area (Å²) in [5.74, 6) is -1.18. The second kappa shape index (κ2) is 6.01. The molecule has 1 aromatic carbocycles. The van der Waals surface area contributed by atoms with Crippen LogP contribution in [0.5, 0.6) is 0 Å². The lowest BCUT2D eigenvalue weighted by Gasteiger charge is -2.13. The van der Waals surface area contributed by atoms with Crippen LogP contribution < -0.4 is 5.73 Å². The molecule has 1 atom stereocenters. The number of nitrogens with zero attached hydrogens (tertiary/aromatic N) is 2. The molecule has 0 aliphatic carbocycles. The van der Waals surface area contributed by atoms with Gasteiger partial charge in [-0.15, -0.1) is 0 Å². The van der Waals surface area contributed by atoms with Gasteiger partial charge in [0.25, 0.3) is 0 Å². The summed E-state index contributed by atoms with van der Waals surface area (Å²) in [6.07, 6.45) is 0.875. The first-order valence-corrected chi connectivity index (χ1v) is 7.14. The van der Waals surface area contributed by atoms with Gasteiger partial charge >= 0.3 is 0 Å². The quantitative estimate of drug-likeness (QED) is 0.866. The lowest BCUT2D eigenvalue weighted by molar-refractivity contribution is 0.526. The third kappa shape index (κ3) is 2.91. The first-order valence-electron chi connectivity index (χ1n) is 6.34. The van der Waals surface area contributed by atoms with E-state index in [1.807, 2.05) is 13.0 Å². The Morgan fingerprint density at radius 3 is 2.70 bits per heavy atom. The van der Waals surface area contributed by atoms with Gasteiger partial charge in [0.1, 0.15) is 11.6 Å². The van der Waals surface area contributed by atoms with Gasteiger partial charge in [-0.1, -0.05) is 6.92 Å². The molecule has 3 nitrogen and oxygen atoms in total. The summed E-state index contributed by atoms with van der Waals surface area (Å²) in [4.78, 5) is 0. The van der Waals surface area contributed by atoms with E-state index in [4.69, 9.17) is 5.73 Å². The summed E-state index contributed by atoms with van der Waals surface area (Å²) in [6.45, 7) is 1.99. The van der Waals surface area contributed by atoms with Crippen LogP contribution in [0.2, 0.25) is 0 Å². The van der Waals surface area contributed by atoms with Crippen LogP contribution in [0.3, 0.4) is 0 Å². The van der Waals surface area contributed by atoms with Crippen molar-refractivity contribution >= 4 is 15.9 Å². The van der Waals surface area contributed by atoms with Gasteiger partial charge in [0.05, 0.1) is 21.9 Å². The van der Waals surface area contributed by atoms with Crippen molar-refractivity contribution < 1.29 is 8.78 Å². The molecule has 0 saturated carbocycles. The van der Waals surface area contributed by atoms with Crippen molar-refractivity contribution in [1.29, 1.82) is 0 Å². The van der Waals surface area contributed by atoms with Crippen molar-refractivity contribution in [3.8, 4) is 0 Å². The smallest absolute Gasteiger partial charge is 0.143 e. The molecule has 0 bridgehead atoms. The molecule has 2 rings (SSSR count). The predicted octanol–water partition coefficient (Wildman–Crippen LogP) is 3.27. The van der Waals surface area contributed by atoms with E-state index in [2.05, 4.69) is 21.0 Å². The molecule has 0 aliphatic rings. The SMILES string of the molecule is CCc1cc(C(N)Cc2c(F)ccc(Br)c2F)n(C)n1. The fraction of sp³-hybridized carbons (Fsp3) is 0.357. The molecule has 2 aromatic rings. The van der Waals surface area contributed by atoms with Crippen molar-refractivity contribution in [1.82, 2.24) is 9.78 Å². The van der Waals surface area contributed by atoms with Crippen LogP contribution in [0.15, 0.2) is 22.7 Å². The van der Waals surface area contributed by atoms with Gasteiger partial charge < -0.3 is 5.73 Å². The maximum Gasteiger partial charge on any atom is 0.143 e. The van der Waals surface area contributed by atoms with Crippen LogP contribution in [0, 0.1) is 11.6 Å². The van der Waals surface area contributed by atoms with Crippen molar-refractivity contribution in [2.75, 3.05) is 0 Å². The Morgan fingerprint density at radius 2 is 2.10 bits per heavy atom. The number of aryl methyl sites for hydroxylation is 2. The van der Waals surface area contributed by atoms with Gasteiger partial charge in [-0.05, 0) is 47.0 Å². The summed E-state index contributed by atoms with van der Waals surface area (Å²) in [6, 6.07) is 3.94. The second-order valence-electron chi connectivity index (χ2n) is 4.67. The van der Waals surface area contributed by atoms with Gasteiger partial charge in [0.2, 0.25) is 0 Å². The van der Waals surface area contributed by atoms with Crippen molar-refractivity contribution in [2.45, 2.75) is 25.8 Å². The Hall–Kier alpha value is -1.27. The number of aromatic nitrogens is 2. The van der Waals surface area contributed by atoms with Crippen molar-refractivity contribution in [3.05, 3.63) is 51.3 Å². The predicted molar refractivity (Wildman–Crippen MR) is 77.3 cm³/mol. The maximum absolute atomic E-state index is 13.9. The van der Waals surface area contributed by atoms with Crippen molar-refractivity contribution in [2.24, 2.45) is 12.8 Å². The number of hydrogen-bond donors (Lipinski definition) is 1. The number of rotatable bonds is 4. The van der Waals surface area contributed by atoms with E-state index in [0.717, 1.165) is 17.8 Å². The molecule has 0 amide bonds. The maximum atomic E-state index is 13.9. The Labute approximate surface area is 124 Å². The van der Waals surface area contributed by atoms with E-state index in [9.17, 15) is 8.78 Å². The molecule has 0 aliphatic heterocycles. The Bertz CT molecular complexity index is 625. The van der Waals surface area contributed by atoms with Crippen molar-refractivity contribution in [3.63, 3.8) is 0 Å². The molecule has 108 valence electrons. The first-order chi connectivity index (χ1) is 9.43. The highest BCUT2D eigenvalue weighted by Crippen LogP contribution is 2.25. The Balaban J connectivity index is 2.30. The molecule has 1 heterocycles. The summed E-state index contributed by atoms with van der Waals surface area (Å²) >= 11 is 3.06. The van der Waals surface area contributed by atoms with Crippen LogP contribution in [-0.2, 0) is 19.9 Å². The topological polar surface area (TPSA) is 43.8 Å². The number of benzene rings is 1. The molecule has 2 N–H and O–H groups in total. The highest BCUT2D eigenvalue weighted by atomic mass is 79.9. The van der Waals surface area contributed by atoms with Gasteiger partial charge in [-0.3, -0.25) is 4.68 Å². The lowest BCUT2D eigenvalue weighted by atomic mass is 10.0. The minimum Gasteiger partial charge on any atom is -0.322 e. The van der Waals surface area contributed by atoms with Crippen LogP contribution in [0.25, 0.3) is 0 Å². The molecule has 0 radical (unpaired) electrons. The van der Waals surface area contributed by atoms with Crippen LogP contribution in [0.1, 0.15) is 29.9 Å². The Kier molecular flexibility index (Phi) is 4.55. The summed E-state index contributed by atoms with van der Waals surface area (Å²) in [5.41, 5.74) is 7.74. The van der Waals surface area contributed by atoms with Gasteiger partial charge in [-0.2, -0.15) is 5.10 Å². The molecule has 6 heteroatoms. The van der Waals surface area contributed by atoms with Gasteiger partial charge in [0, 0.05) is 12.6 Å². The fourth-order valence-electron chi connectivity index (χ4n) is 2.14. The molecule has 1 unspecified atom stereocenters. The summed E-state index contributed by atoms with van der Waals surface area (Å²) < 4.78 is 29.6. The standard InChI is InChI=1S/C14H16BrF2N3/c1-3-8-6-13(20(2)19-8)12(18)7-9-11(16)5-4-10(15)14(9)17/h4-6,12H,3,7,18H2,1-2H3. The van der Waals surface area contributed by atoms with Crippen LogP contribution >= 0.6 is 15.9 Å². The van der Waals surface area contributed by atoms with E-state index >= 15 is 0 Å². The zero-order chi connectivity index (χ0) is 14.9. The molecule has 0 spiro atoms. The summed E-state index contributed by atoms with van der Waals surface area (Å²) in [5, 5.41) is 4.29. The van der Waals surface area contributed by atoms with Crippen LogP contribution in [-0.4, -0.2) is 9.78 Å². The average Bonchev–Trinajstić information content (AvgIpc) is 2.80. The third-order valence-electron chi connectivity index (χ3n) is 3.27. The van der Waals surface area contributed by atoms with Gasteiger partial charge in [-0.25, -0.2) is 8.78 Å². The van der Waals surface area contributed by atoms with E-state index in [1.165, 1.54) is 12.1 Å². The number of halogens is 3. The molecule has 20 heavy (non-hydrogen) atoms. The molecule has 1 aromatic heterocycles. The highest BCUT2D eigenvalue weighted by Gasteiger charge is 2.19. The Morgan fingerprint density at radius 1 is 1.40 bits per heavy atom. The number of nitrogens with two attached hydrogens (primary N) is 1. The van der Waals surface area contributed by atoms with E-state index in [-0.39, 0.29) is 16.5 Å². The normalized spacial score (nSPS) is 12.7. The minimum atomic E-state index is -0.599. The monoisotopic (exact) mass is 343 g/mol. The van der Waals surface area contributed by atoms with Gasteiger partial charge in [0.15, 0.2) is 0 Å². The third-order valence-corrected chi connectivity index (χ3v) is 3.88. The molecular formula is C14H16BrF2N3. The first kappa shape index (κ1) is 15.1. The number of hydrogen-bond acceptors (Lipinski definition) is 2. The molecule has 0 fully saturated rings. The second-order valence-corrected chi connectivity index (χ2v) is 5.52. The average molecular weight is 344 g/mol.